The maximum absolute atomic E-state index is 13.1. The third-order valence-corrected chi connectivity index (χ3v) is 7.18. The van der Waals surface area contributed by atoms with E-state index < -0.39 is 20.9 Å². The number of rotatable bonds is 3. The summed E-state index contributed by atoms with van der Waals surface area (Å²) in [5.41, 5.74) is -3.40. The fourth-order valence-corrected chi connectivity index (χ4v) is 5.30. The van der Waals surface area contributed by atoms with Crippen molar-refractivity contribution in [1.82, 2.24) is 4.31 Å². The van der Waals surface area contributed by atoms with Crippen molar-refractivity contribution in [3.05, 3.63) is 78.0 Å². The Morgan fingerprint density at radius 3 is 2.36 bits per heavy atom. The number of nitrogens with zero attached hydrogens (tertiary/aromatic N) is 2. The van der Waals surface area contributed by atoms with Crippen molar-refractivity contribution < 1.29 is 21.6 Å². The minimum absolute atomic E-state index is 0.00663. The van der Waals surface area contributed by atoms with Crippen LogP contribution >= 0.6 is 0 Å². The van der Waals surface area contributed by atoms with E-state index in [1.807, 2.05) is 54.6 Å². The minimum Gasteiger partial charge on any atom is -0.366 e. The predicted molar refractivity (Wildman–Crippen MR) is 101 cm³/mol. The predicted octanol–water partition coefficient (Wildman–Crippen LogP) is 4.01. The van der Waals surface area contributed by atoms with Crippen molar-refractivity contribution in [3.63, 3.8) is 0 Å². The standard InChI is InChI=1S/C20H19F3N2O2S/c1-15-19(11-12-25(15)28(26,27)20(21,22)23)14-24(13-16-7-3-2-4-8-16)18-10-6-5-9-17(18)19/h2-10H,1,11-14H2. The highest BCUT2D eigenvalue weighted by atomic mass is 32.2. The van der Waals surface area contributed by atoms with Crippen LogP contribution in [0.2, 0.25) is 0 Å². The molecule has 0 radical (unpaired) electrons. The van der Waals surface area contributed by atoms with Gasteiger partial charge in [-0.2, -0.15) is 21.6 Å². The summed E-state index contributed by atoms with van der Waals surface area (Å²) in [4.78, 5) is 2.08. The number of hydrogen-bond donors (Lipinski definition) is 0. The summed E-state index contributed by atoms with van der Waals surface area (Å²) in [6.07, 6.45) is 0.267. The zero-order valence-electron chi connectivity index (χ0n) is 15.0. The Morgan fingerprint density at radius 1 is 1.04 bits per heavy atom. The number of hydrogen-bond acceptors (Lipinski definition) is 3. The molecule has 1 atom stereocenters. The first-order valence-electron chi connectivity index (χ1n) is 8.84. The molecule has 8 heteroatoms. The van der Waals surface area contributed by atoms with Crippen LogP contribution in [0.25, 0.3) is 0 Å². The van der Waals surface area contributed by atoms with Crippen LogP contribution in [0.5, 0.6) is 0 Å². The van der Waals surface area contributed by atoms with Gasteiger partial charge in [0.25, 0.3) is 0 Å². The Hall–Kier alpha value is -2.48. The lowest BCUT2D eigenvalue weighted by molar-refractivity contribution is -0.0477. The lowest BCUT2D eigenvalue weighted by Gasteiger charge is -2.29. The number of halogens is 3. The Balaban J connectivity index is 1.72. The molecule has 2 aliphatic heterocycles. The number of sulfonamides is 1. The number of alkyl halides is 3. The van der Waals surface area contributed by atoms with Crippen LogP contribution in [0.4, 0.5) is 18.9 Å². The van der Waals surface area contributed by atoms with Crippen LogP contribution in [0.15, 0.2) is 66.9 Å². The fraction of sp³-hybridized carbons (Fsp3) is 0.300. The molecule has 0 aromatic heterocycles. The van der Waals surface area contributed by atoms with E-state index in [2.05, 4.69) is 11.5 Å². The van der Waals surface area contributed by atoms with Gasteiger partial charge in [-0.3, -0.25) is 4.31 Å². The monoisotopic (exact) mass is 408 g/mol. The summed E-state index contributed by atoms with van der Waals surface area (Å²) in [7, 11) is -5.45. The van der Waals surface area contributed by atoms with Crippen molar-refractivity contribution in [1.29, 1.82) is 0 Å². The van der Waals surface area contributed by atoms with E-state index in [4.69, 9.17) is 0 Å². The SMILES string of the molecule is C=C1N(S(=O)(=O)C(F)(F)F)CCC12CN(Cc1ccccc1)c1ccccc12. The van der Waals surface area contributed by atoms with E-state index in [9.17, 15) is 21.6 Å². The molecule has 2 aliphatic rings. The molecule has 1 spiro atoms. The first-order chi connectivity index (χ1) is 13.2. The van der Waals surface area contributed by atoms with Crippen molar-refractivity contribution in [2.75, 3.05) is 18.0 Å². The fourth-order valence-electron chi connectivity index (χ4n) is 4.26. The molecule has 0 saturated carbocycles. The normalized spacial score (nSPS) is 22.2. The van der Waals surface area contributed by atoms with E-state index in [0.717, 1.165) is 16.8 Å². The van der Waals surface area contributed by atoms with E-state index in [-0.39, 0.29) is 18.7 Å². The average Bonchev–Trinajstić information content (AvgIpc) is 3.15. The number of para-hydroxylation sites is 1. The molecule has 0 aliphatic carbocycles. The van der Waals surface area contributed by atoms with Gasteiger partial charge >= 0.3 is 15.5 Å². The Morgan fingerprint density at radius 2 is 1.68 bits per heavy atom. The van der Waals surface area contributed by atoms with Crippen LogP contribution in [0, 0.1) is 0 Å². The van der Waals surface area contributed by atoms with Crippen molar-refractivity contribution in [3.8, 4) is 0 Å². The molecule has 0 N–H and O–H groups in total. The summed E-state index contributed by atoms with van der Waals surface area (Å²) in [6, 6.07) is 17.2. The largest absolute Gasteiger partial charge is 0.516 e. The summed E-state index contributed by atoms with van der Waals surface area (Å²) in [5.74, 6) is 0. The van der Waals surface area contributed by atoms with Gasteiger partial charge in [0.2, 0.25) is 0 Å². The number of anilines is 1. The molecule has 0 bridgehead atoms. The Kier molecular flexibility index (Phi) is 4.22. The third kappa shape index (κ3) is 2.70. The summed E-state index contributed by atoms with van der Waals surface area (Å²) >= 11 is 0. The molecular weight excluding hydrogens is 389 g/mol. The van der Waals surface area contributed by atoms with Crippen LogP contribution in [-0.4, -0.2) is 31.3 Å². The second-order valence-electron chi connectivity index (χ2n) is 7.16. The van der Waals surface area contributed by atoms with Gasteiger partial charge < -0.3 is 4.90 Å². The highest BCUT2D eigenvalue weighted by Gasteiger charge is 2.58. The first kappa shape index (κ1) is 18.9. The van der Waals surface area contributed by atoms with E-state index >= 15 is 0 Å². The van der Waals surface area contributed by atoms with Gasteiger partial charge in [-0.25, -0.2) is 0 Å². The van der Waals surface area contributed by atoms with Crippen LogP contribution < -0.4 is 4.90 Å². The average molecular weight is 408 g/mol. The highest BCUT2D eigenvalue weighted by molar-refractivity contribution is 7.90. The zero-order valence-corrected chi connectivity index (χ0v) is 15.8. The smallest absolute Gasteiger partial charge is 0.366 e. The maximum Gasteiger partial charge on any atom is 0.516 e. The molecule has 28 heavy (non-hydrogen) atoms. The topological polar surface area (TPSA) is 40.6 Å². The van der Waals surface area contributed by atoms with Gasteiger partial charge in [-0.05, 0) is 23.6 Å². The summed E-state index contributed by atoms with van der Waals surface area (Å²) in [6.45, 7) is 4.56. The molecule has 1 saturated heterocycles. The second kappa shape index (κ2) is 6.27. The molecule has 2 aromatic rings. The first-order valence-corrected chi connectivity index (χ1v) is 10.3. The molecule has 2 heterocycles. The molecule has 4 rings (SSSR count). The molecule has 4 nitrogen and oxygen atoms in total. The van der Waals surface area contributed by atoms with Gasteiger partial charge in [0.15, 0.2) is 0 Å². The minimum atomic E-state index is -5.45. The van der Waals surface area contributed by atoms with E-state index in [1.165, 1.54) is 0 Å². The van der Waals surface area contributed by atoms with Crippen LogP contribution in [-0.2, 0) is 22.0 Å². The Bertz CT molecular complexity index is 1020. The van der Waals surface area contributed by atoms with Gasteiger partial charge in [0, 0.05) is 31.0 Å². The quantitative estimate of drug-likeness (QED) is 0.771. The highest BCUT2D eigenvalue weighted by Crippen LogP contribution is 2.53. The maximum atomic E-state index is 13.1. The molecule has 1 unspecified atom stereocenters. The van der Waals surface area contributed by atoms with Crippen molar-refractivity contribution >= 4 is 15.7 Å². The summed E-state index contributed by atoms with van der Waals surface area (Å²) in [5, 5.41) is 0. The molecule has 148 valence electrons. The van der Waals surface area contributed by atoms with Gasteiger partial charge in [-0.1, -0.05) is 55.1 Å². The Labute approximate surface area is 161 Å². The lowest BCUT2D eigenvalue weighted by atomic mass is 9.79. The summed E-state index contributed by atoms with van der Waals surface area (Å²) < 4.78 is 63.8. The molecular formula is C20H19F3N2O2S. The third-order valence-electron chi connectivity index (χ3n) is 5.62. The molecule has 0 amide bonds. The lowest BCUT2D eigenvalue weighted by Crippen LogP contribution is -2.40. The van der Waals surface area contributed by atoms with Gasteiger partial charge in [0.05, 0.1) is 5.41 Å². The molecule has 2 aromatic carbocycles. The van der Waals surface area contributed by atoms with E-state index in [0.29, 0.717) is 17.4 Å². The van der Waals surface area contributed by atoms with Crippen LogP contribution in [0.3, 0.4) is 0 Å². The molecule has 1 fully saturated rings. The zero-order chi connectivity index (χ0) is 20.2. The van der Waals surface area contributed by atoms with Crippen LogP contribution in [0.1, 0.15) is 17.5 Å². The second-order valence-corrected chi connectivity index (χ2v) is 9.01. The van der Waals surface area contributed by atoms with Crippen molar-refractivity contribution in [2.45, 2.75) is 23.9 Å². The number of fused-ring (bicyclic) bond motifs is 2. The van der Waals surface area contributed by atoms with Gasteiger partial charge in [-0.15, -0.1) is 0 Å². The van der Waals surface area contributed by atoms with Gasteiger partial charge in [0.1, 0.15) is 0 Å². The van der Waals surface area contributed by atoms with Crippen molar-refractivity contribution in [2.24, 2.45) is 0 Å². The number of benzene rings is 2. The van der Waals surface area contributed by atoms with E-state index in [1.54, 1.807) is 0 Å².